The average molecular weight is 582 g/mol. The van der Waals surface area contributed by atoms with Crippen LogP contribution in [-0.4, -0.2) is 9.13 Å². The molecule has 6 aromatic rings. The van der Waals surface area contributed by atoms with Gasteiger partial charge in [-0.15, -0.1) is 36.4 Å². The molecule has 0 fully saturated rings. The molecule has 2 aromatic heterocycles. The van der Waals surface area contributed by atoms with Crippen LogP contribution >= 0.6 is 0 Å². The molecular weight excluding hydrogens is 560 g/mol. The van der Waals surface area contributed by atoms with E-state index in [1.807, 2.05) is 72.8 Å². The van der Waals surface area contributed by atoms with E-state index in [1.165, 1.54) is 24.3 Å². The average Bonchev–Trinajstić information content (AvgIpc) is 3.69. The van der Waals surface area contributed by atoms with Crippen LogP contribution in [0.15, 0.2) is 134 Å². The van der Waals surface area contributed by atoms with E-state index in [9.17, 15) is 17.6 Å². The van der Waals surface area contributed by atoms with E-state index in [4.69, 9.17) is 0 Å². The van der Waals surface area contributed by atoms with Gasteiger partial charge in [-0.25, -0.2) is 41.8 Å². The Bertz CT molecular complexity index is 1220. The second kappa shape index (κ2) is 18.2. The standard InChI is InChI=1S/2C10H6F2N.2C5H5.2Ti/c2*11-8-3-4-10(9(12)7-8)13-5-1-2-6-13;2*1-2-4-5-3-1;;/h2*1-6H;2*1-5H;;/q4*-1;2*+4. The monoisotopic (exact) mass is 582 g/mol. The normalized spacial score (nSPS) is 9.16. The predicted octanol–water partition coefficient (Wildman–Crippen LogP) is 7.92. The summed E-state index contributed by atoms with van der Waals surface area (Å²) in [5, 5.41) is 0. The van der Waals surface area contributed by atoms with Crippen molar-refractivity contribution in [1.82, 2.24) is 9.13 Å². The maximum absolute atomic E-state index is 13.1. The number of hydrogen-bond donors (Lipinski definition) is 0. The molecule has 0 unspecified atom stereocenters. The number of rotatable bonds is 2. The number of halogens is 4. The molecule has 0 aliphatic rings. The molecule has 0 aliphatic carbocycles. The Hall–Kier alpha value is -3.15. The van der Waals surface area contributed by atoms with Gasteiger partial charge in [0, 0.05) is 23.3 Å². The summed E-state index contributed by atoms with van der Waals surface area (Å²) in [6, 6.07) is 36.1. The number of hydrogen-bond acceptors (Lipinski definition) is 0. The van der Waals surface area contributed by atoms with Crippen LogP contribution in [-0.2, 0) is 43.4 Å². The fourth-order valence-corrected chi connectivity index (χ4v) is 2.90. The Kier molecular flexibility index (Phi) is 15.7. The van der Waals surface area contributed by atoms with Crippen LogP contribution in [0, 0.1) is 35.4 Å². The molecule has 8 heteroatoms. The Morgan fingerprint density at radius 3 is 1.03 bits per heavy atom. The van der Waals surface area contributed by atoms with Gasteiger partial charge in [0.05, 0.1) is 0 Å². The van der Waals surface area contributed by atoms with E-state index in [-0.39, 0.29) is 43.4 Å². The van der Waals surface area contributed by atoms with Crippen molar-refractivity contribution in [2.45, 2.75) is 0 Å². The molecule has 2 nitrogen and oxygen atoms in total. The van der Waals surface area contributed by atoms with Gasteiger partial charge in [0.15, 0.2) is 0 Å². The molecule has 0 bridgehead atoms. The van der Waals surface area contributed by atoms with Gasteiger partial charge in [0.25, 0.3) is 0 Å². The van der Waals surface area contributed by atoms with Crippen LogP contribution < -0.4 is 0 Å². The van der Waals surface area contributed by atoms with Crippen LogP contribution in [0.2, 0.25) is 0 Å². The molecule has 0 aliphatic heterocycles. The van der Waals surface area contributed by atoms with Crippen LogP contribution in [0.4, 0.5) is 17.6 Å². The zero-order valence-corrected chi connectivity index (χ0v) is 23.2. The molecule has 6 rings (SSSR count). The van der Waals surface area contributed by atoms with E-state index >= 15 is 0 Å². The second-order valence-electron chi connectivity index (χ2n) is 7.12. The van der Waals surface area contributed by atoms with Crippen molar-refractivity contribution in [1.29, 1.82) is 0 Å². The van der Waals surface area contributed by atoms with Crippen molar-refractivity contribution in [2.75, 3.05) is 0 Å². The third-order valence-electron chi connectivity index (χ3n) is 4.56. The van der Waals surface area contributed by atoms with E-state index < -0.39 is 23.3 Å². The quantitative estimate of drug-likeness (QED) is 0.112. The second-order valence-corrected chi connectivity index (χ2v) is 7.12. The first-order valence-corrected chi connectivity index (χ1v) is 10.9. The Balaban J connectivity index is 0.000000270. The molecule has 184 valence electrons. The third kappa shape index (κ3) is 11.1. The van der Waals surface area contributed by atoms with Crippen molar-refractivity contribution in [3.63, 3.8) is 0 Å². The molecule has 2 heterocycles. The van der Waals surface area contributed by atoms with Crippen LogP contribution in [0.1, 0.15) is 0 Å². The van der Waals surface area contributed by atoms with Crippen LogP contribution in [0.5, 0.6) is 0 Å². The van der Waals surface area contributed by atoms with Crippen molar-refractivity contribution >= 4 is 0 Å². The van der Waals surface area contributed by atoms with Gasteiger partial charge in [-0.05, 0) is 60.4 Å². The topological polar surface area (TPSA) is 9.86 Å². The summed E-state index contributed by atoms with van der Waals surface area (Å²) in [4.78, 5) is 0. The molecule has 0 N–H and O–H groups in total. The summed E-state index contributed by atoms with van der Waals surface area (Å²) >= 11 is 0. The molecule has 0 spiro atoms. The van der Waals surface area contributed by atoms with Gasteiger partial charge in [-0.3, -0.25) is 0 Å². The first kappa shape index (κ1) is 32.9. The van der Waals surface area contributed by atoms with Gasteiger partial charge in [0.2, 0.25) is 0 Å². The summed E-state index contributed by atoms with van der Waals surface area (Å²) in [7, 11) is 0. The van der Waals surface area contributed by atoms with Crippen molar-refractivity contribution in [3.8, 4) is 11.4 Å². The smallest absolute Gasteiger partial charge is 0.375 e. The molecule has 4 aromatic carbocycles. The summed E-state index contributed by atoms with van der Waals surface area (Å²) in [6.45, 7) is 0. The van der Waals surface area contributed by atoms with Crippen molar-refractivity contribution < 1.29 is 61.0 Å². The molecule has 0 amide bonds. The maximum Gasteiger partial charge on any atom is 4.00 e. The van der Waals surface area contributed by atoms with Crippen LogP contribution in [0.25, 0.3) is 11.4 Å². The van der Waals surface area contributed by atoms with Crippen molar-refractivity contribution in [2.24, 2.45) is 0 Å². The minimum atomic E-state index is -0.687. The summed E-state index contributed by atoms with van der Waals surface area (Å²) in [6.07, 6.45) is 6.74. The van der Waals surface area contributed by atoms with E-state index in [2.05, 4.69) is 0 Å². The molecule has 0 saturated carbocycles. The first-order valence-electron chi connectivity index (χ1n) is 10.9. The fraction of sp³-hybridized carbons (Fsp3) is 0. The summed E-state index contributed by atoms with van der Waals surface area (Å²) in [5.41, 5.74) is 0.595. The maximum atomic E-state index is 13.1. The first-order chi connectivity index (χ1) is 17.5. The zero-order chi connectivity index (χ0) is 25.6. The minimum Gasteiger partial charge on any atom is -0.375 e. The predicted molar refractivity (Wildman–Crippen MR) is 133 cm³/mol. The van der Waals surface area contributed by atoms with Crippen LogP contribution in [0.3, 0.4) is 0 Å². The molecular formula is C30H22F4N2Ti2+4. The number of benzene rings is 2. The molecule has 0 radical (unpaired) electrons. The van der Waals surface area contributed by atoms with Gasteiger partial charge in [-0.1, -0.05) is 0 Å². The Morgan fingerprint density at radius 1 is 0.474 bits per heavy atom. The number of nitrogens with zero attached hydrogens (tertiary/aromatic N) is 2. The SMILES string of the molecule is Fc1[c-]c(F)c(-n2cccc2)cc1.Fc1[c-]c(F)c(-n2cccc2)cc1.[Ti+4].[Ti+4].c1cc[cH-]c1.c1cc[cH-]c1. The molecule has 0 atom stereocenters. The summed E-state index contributed by atoms with van der Waals surface area (Å²) in [5.74, 6) is -2.74. The number of aromatic nitrogens is 2. The zero-order valence-electron chi connectivity index (χ0n) is 20.1. The summed E-state index contributed by atoms with van der Waals surface area (Å²) < 4.78 is 54.3. The molecule has 38 heavy (non-hydrogen) atoms. The van der Waals surface area contributed by atoms with Crippen molar-refractivity contribution in [3.05, 3.63) is 169 Å². The molecule has 0 saturated heterocycles. The van der Waals surface area contributed by atoms with Gasteiger partial charge >= 0.3 is 43.4 Å². The fourth-order valence-electron chi connectivity index (χ4n) is 2.90. The largest absolute Gasteiger partial charge is 4.00 e. The van der Waals surface area contributed by atoms with Gasteiger partial charge < -0.3 is 9.13 Å². The van der Waals surface area contributed by atoms with E-state index in [1.54, 1.807) is 58.2 Å². The van der Waals surface area contributed by atoms with E-state index in [0.29, 0.717) is 11.4 Å². The van der Waals surface area contributed by atoms with Gasteiger partial charge in [-0.2, -0.15) is 36.4 Å². The minimum absolute atomic E-state index is 0. The van der Waals surface area contributed by atoms with E-state index in [0.717, 1.165) is 0 Å². The Morgan fingerprint density at radius 2 is 0.789 bits per heavy atom. The Labute approximate surface area is 249 Å². The van der Waals surface area contributed by atoms with Gasteiger partial charge in [0.1, 0.15) is 0 Å². The third-order valence-corrected chi connectivity index (χ3v) is 4.56.